The Morgan fingerprint density at radius 3 is 2.38 bits per heavy atom. The van der Waals surface area contributed by atoms with E-state index in [1.807, 2.05) is 32.9 Å². The molecule has 2 heterocycles. The van der Waals surface area contributed by atoms with Crippen molar-refractivity contribution in [1.29, 1.82) is 0 Å². The molecule has 0 radical (unpaired) electrons. The summed E-state index contributed by atoms with van der Waals surface area (Å²) in [7, 11) is -3.62. The zero-order chi connectivity index (χ0) is 24.5. The van der Waals surface area contributed by atoms with Crippen LogP contribution in [-0.4, -0.2) is 41.3 Å². The van der Waals surface area contributed by atoms with Crippen molar-refractivity contribution in [3.05, 3.63) is 77.1 Å². The summed E-state index contributed by atoms with van der Waals surface area (Å²) >= 11 is 0. The van der Waals surface area contributed by atoms with E-state index in [-0.39, 0.29) is 18.4 Å². The van der Waals surface area contributed by atoms with Crippen LogP contribution in [0.5, 0.6) is 0 Å². The van der Waals surface area contributed by atoms with Crippen molar-refractivity contribution in [2.45, 2.75) is 45.1 Å². The quantitative estimate of drug-likeness (QED) is 0.579. The van der Waals surface area contributed by atoms with Gasteiger partial charge in [0, 0.05) is 37.9 Å². The van der Waals surface area contributed by atoms with Gasteiger partial charge in [-0.2, -0.15) is 4.31 Å². The lowest BCUT2D eigenvalue weighted by Gasteiger charge is -2.31. The highest BCUT2D eigenvalue weighted by Crippen LogP contribution is 2.29. The Morgan fingerprint density at radius 2 is 1.79 bits per heavy atom. The fourth-order valence-corrected chi connectivity index (χ4v) is 6.55. The number of sulfonamides is 1. The molecule has 1 N–H and O–H groups in total. The molecule has 3 aromatic rings. The van der Waals surface area contributed by atoms with E-state index in [2.05, 4.69) is 10.3 Å². The van der Waals surface area contributed by atoms with E-state index >= 15 is 0 Å². The van der Waals surface area contributed by atoms with Gasteiger partial charge in [-0.1, -0.05) is 23.8 Å². The molecule has 180 valence electrons. The predicted molar refractivity (Wildman–Crippen MR) is 128 cm³/mol. The number of nitrogens with zero attached hydrogens (tertiary/aromatic N) is 3. The number of carbonyl (C=O) groups is 1. The summed E-state index contributed by atoms with van der Waals surface area (Å²) in [6, 6.07) is 8.57. The molecule has 4 rings (SSSR count). The third kappa shape index (κ3) is 4.90. The van der Waals surface area contributed by atoms with Gasteiger partial charge in [0.1, 0.15) is 5.82 Å². The Bertz CT molecular complexity index is 1270. The van der Waals surface area contributed by atoms with Crippen molar-refractivity contribution in [3.8, 4) is 5.69 Å². The minimum atomic E-state index is -3.62. The normalized spacial score (nSPS) is 15.4. The molecule has 0 aliphatic carbocycles. The summed E-state index contributed by atoms with van der Waals surface area (Å²) < 4.78 is 44.0. The van der Waals surface area contributed by atoms with Gasteiger partial charge in [-0.05, 0) is 62.4 Å². The summed E-state index contributed by atoms with van der Waals surface area (Å²) in [5.74, 6) is -0.814. The Labute approximate surface area is 199 Å². The number of imidazole rings is 1. The highest BCUT2D eigenvalue weighted by Gasteiger charge is 2.33. The highest BCUT2D eigenvalue weighted by atomic mass is 32.2. The first-order chi connectivity index (χ1) is 16.2. The number of benzene rings is 2. The lowest BCUT2D eigenvalue weighted by Crippen LogP contribution is -2.43. The number of nitrogens with one attached hydrogen (secondary N) is 1. The molecule has 1 aromatic heterocycles. The Morgan fingerprint density at radius 1 is 1.12 bits per heavy atom. The Kier molecular flexibility index (Phi) is 6.86. The van der Waals surface area contributed by atoms with Gasteiger partial charge >= 0.3 is 0 Å². The smallest absolute Gasteiger partial charge is 0.243 e. The molecule has 1 fully saturated rings. The molecule has 0 unspecified atom stereocenters. The zero-order valence-corrected chi connectivity index (χ0v) is 20.4. The van der Waals surface area contributed by atoms with Crippen molar-refractivity contribution >= 4 is 15.9 Å². The number of hydrogen-bond donors (Lipinski definition) is 1. The van der Waals surface area contributed by atoms with Crippen molar-refractivity contribution in [1.82, 2.24) is 19.2 Å². The minimum absolute atomic E-state index is 0.140. The fraction of sp³-hybridized carbons (Fsp3) is 0.360. The second kappa shape index (κ2) is 9.68. The number of piperidine rings is 1. The minimum Gasteiger partial charge on any atom is -0.352 e. The van der Waals surface area contributed by atoms with Crippen LogP contribution < -0.4 is 5.32 Å². The van der Waals surface area contributed by atoms with Crippen LogP contribution in [0, 0.1) is 32.5 Å². The molecule has 34 heavy (non-hydrogen) atoms. The van der Waals surface area contributed by atoms with Crippen LogP contribution in [0.4, 0.5) is 4.39 Å². The van der Waals surface area contributed by atoms with E-state index in [9.17, 15) is 17.6 Å². The molecule has 7 nitrogen and oxygen atoms in total. The van der Waals surface area contributed by atoms with E-state index in [0.717, 1.165) is 16.7 Å². The van der Waals surface area contributed by atoms with Gasteiger partial charge in [-0.15, -0.1) is 0 Å². The maximum absolute atomic E-state index is 14.4. The molecule has 9 heteroatoms. The third-order valence-corrected chi connectivity index (χ3v) is 8.49. The first-order valence-corrected chi connectivity index (χ1v) is 12.7. The maximum Gasteiger partial charge on any atom is 0.243 e. The summed E-state index contributed by atoms with van der Waals surface area (Å²) in [4.78, 5) is 17.0. The van der Waals surface area contributed by atoms with Crippen LogP contribution in [0.15, 0.2) is 53.9 Å². The largest absolute Gasteiger partial charge is 0.352 e. The maximum atomic E-state index is 14.4. The molecule has 0 atom stereocenters. The first-order valence-electron chi connectivity index (χ1n) is 11.3. The lowest BCUT2D eigenvalue weighted by atomic mass is 9.97. The van der Waals surface area contributed by atoms with Crippen LogP contribution >= 0.6 is 0 Å². The Balaban J connectivity index is 1.35. The highest BCUT2D eigenvalue weighted by molar-refractivity contribution is 7.89. The van der Waals surface area contributed by atoms with Crippen LogP contribution in [0.3, 0.4) is 0 Å². The summed E-state index contributed by atoms with van der Waals surface area (Å²) in [5.41, 5.74) is 3.55. The first kappa shape index (κ1) is 24.1. The molecular weight excluding hydrogens is 455 g/mol. The van der Waals surface area contributed by atoms with Gasteiger partial charge in [0.2, 0.25) is 15.9 Å². The molecule has 0 bridgehead atoms. The number of amides is 1. The number of rotatable bonds is 6. The van der Waals surface area contributed by atoms with Crippen molar-refractivity contribution < 1.29 is 17.6 Å². The van der Waals surface area contributed by atoms with E-state index in [1.165, 1.54) is 16.7 Å². The molecule has 1 amide bonds. The molecule has 1 saturated heterocycles. The summed E-state index contributed by atoms with van der Waals surface area (Å²) in [5, 5.41) is 2.87. The lowest BCUT2D eigenvalue weighted by molar-refractivity contribution is -0.126. The molecule has 0 spiro atoms. The third-order valence-electron chi connectivity index (χ3n) is 6.29. The summed E-state index contributed by atoms with van der Waals surface area (Å²) in [6.45, 7) is 6.38. The fourth-order valence-electron chi connectivity index (χ4n) is 4.67. The van der Waals surface area contributed by atoms with E-state index in [1.54, 1.807) is 29.1 Å². The van der Waals surface area contributed by atoms with Gasteiger partial charge in [-0.3, -0.25) is 4.79 Å². The standard InChI is InChI=1S/C25H29FN4O3S/c1-17-12-18(2)24(19(3)13-17)34(32,33)30-9-6-21(7-10-30)25(31)28-15-20-4-5-23(22(26)14-20)29-11-8-27-16-29/h4-5,8,11-14,16,21H,6-7,9-10,15H2,1-3H3,(H,28,31). The predicted octanol–water partition coefficient (Wildman–Crippen LogP) is 3.65. The SMILES string of the molecule is Cc1cc(C)c(S(=O)(=O)N2CCC(C(=O)NCc3ccc(-n4ccnc4)c(F)c3)CC2)c(C)c1. The van der Waals surface area contributed by atoms with Crippen LogP contribution in [-0.2, 0) is 21.4 Å². The van der Waals surface area contributed by atoms with Gasteiger partial charge in [-0.25, -0.2) is 17.8 Å². The zero-order valence-electron chi connectivity index (χ0n) is 19.6. The molecule has 1 aliphatic rings. The van der Waals surface area contributed by atoms with Crippen LogP contribution in [0.2, 0.25) is 0 Å². The van der Waals surface area contributed by atoms with Crippen LogP contribution in [0.1, 0.15) is 35.1 Å². The van der Waals surface area contributed by atoms with Gasteiger partial charge in [0.15, 0.2) is 0 Å². The number of hydrogen-bond acceptors (Lipinski definition) is 4. The van der Waals surface area contributed by atoms with Crippen molar-refractivity contribution in [2.24, 2.45) is 5.92 Å². The second-order valence-corrected chi connectivity index (χ2v) is 10.8. The van der Waals surface area contributed by atoms with Crippen molar-refractivity contribution in [3.63, 3.8) is 0 Å². The Hall–Kier alpha value is -3.04. The number of aromatic nitrogens is 2. The molecule has 0 saturated carbocycles. The number of aryl methyl sites for hydroxylation is 3. The van der Waals surface area contributed by atoms with Gasteiger partial charge in [0.25, 0.3) is 0 Å². The molecule has 2 aromatic carbocycles. The molecule has 1 aliphatic heterocycles. The van der Waals surface area contributed by atoms with Gasteiger partial charge < -0.3 is 9.88 Å². The summed E-state index contributed by atoms with van der Waals surface area (Å²) in [6.07, 6.45) is 5.65. The topological polar surface area (TPSA) is 84.3 Å². The van der Waals surface area contributed by atoms with E-state index in [0.29, 0.717) is 42.1 Å². The van der Waals surface area contributed by atoms with Crippen LogP contribution in [0.25, 0.3) is 5.69 Å². The second-order valence-electron chi connectivity index (χ2n) is 8.88. The van der Waals surface area contributed by atoms with E-state index < -0.39 is 15.8 Å². The molecular formula is C25H29FN4O3S. The average Bonchev–Trinajstić information content (AvgIpc) is 3.31. The van der Waals surface area contributed by atoms with E-state index in [4.69, 9.17) is 0 Å². The number of halogens is 1. The average molecular weight is 485 g/mol. The van der Waals surface area contributed by atoms with Gasteiger partial charge in [0.05, 0.1) is 16.9 Å². The number of carbonyl (C=O) groups excluding carboxylic acids is 1. The van der Waals surface area contributed by atoms with Crippen molar-refractivity contribution in [2.75, 3.05) is 13.1 Å². The monoisotopic (exact) mass is 484 g/mol.